The third-order valence-electron chi connectivity index (χ3n) is 2.33. The smallest absolute Gasteiger partial charge is 1.00 e. The molecular weight excluding hydrogens is 353 g/mol. The monoisotopic (exact) mass is 364 g/mol. The summed E-state index contributed by atoms with van der Waals surface area (Å²) in [6.07, 6.45) is 0. The van der Waals surface area contributed by atoms with Crippen LogP contribution in [-0.2, 0) is 26.2 Å². The molecule has 1 aromatic carbocycles. The quantitative estimate of drug-likeness (QED) is 0.428. The molecule has 5 heteroatoms. The topological polar surface area (TPSA) is 0 Å². The summed E-state index contributed by atoms with van der Waals surface area (Å²) in [5.41, 5.74) is 5.64. The van der Waals surface area contributed by atoms with Crippen LogP contribution in [0.15, 0.2) is 12.1 Å². The molecule has 0 saturated heterocycles. The molecule has 86 valence electrons. The van der Waals surface area contributed by atoms with Crippen LogP contribution in [0.25, 0.3) is 0 Å². The fraction of sp³-hybridized carbons (Fsp3) is 0.400. The van der Waals surface area contributed by atoms with Gasteiger partial charge in [0.05, 0.1) is 0 Å². The predicted molar refractivity (Wildman–Crippen MR) is 45.4 cm³/mol. The molecule has 0 radical (unpaired) electrons. The van der Waals surface area contributed by atoms with Gasteiger partial charge in [-0.15, -0.1) is 0 Å². The first-order chi connectivity index (χ1) is 4.63. The molecule has 1 aromatic rings. The van der Waals surface area contributed by atoms with Gasteiger partial charge >= 0.3 is 26.2 Å². The van der Waals surface area contributed by atoms with E-state index in [4.69, 9.17) is 0 Å². The average molecular weight is 367 g/mol. The van der Waals surface area contributed by atoms with Gasteiger partial charge in [-0.25, -0.2) is 0 Å². The summed E-state index contributed by atoms with van der Waals surface area (Å²) in [5, 5.41) is 0. The number of aryl methyl sites for hydroxylation is 2. The molecule has 0 N–H and O–H groups in total. The van der Waals surface area contributed by atoms with E-state index in [1.807, 2.05) is 0 Å². The Hall–Kier alpha value is 1.26. The van der Waals surface area contributed by atoms with Gasteiger partial charge in [0.2, 0.25) is 0 Å². The molecule has 0 heterocycles. The first-order valence-corrected chi connectivity index (χ1v) is 3.66. The first kappa shape index (κ1) is 29.9. The van der Waals surface area contributed by atoms with Crippen molar-refractivity contribution in [2.45, 2.75) is 27.7 Å². The van der Waals surface area contributed by atoms with Crippen LogP contribution >= 0.6 is 0 Å². The Balaban J connectivity index is -0.0000000667. The molecule has 0 unspecified atom stereocenters. The van der Waals surface area contributed by atoms with Crippen LogP contribution in [0.3, 0.4) is 0 Å². The molecule has 0 bridgehead atoms. The number of rotatable bonds is 0. The van der Waals surface area contributed by atoms with Gasteiger partial charge < -0.3 is 49.6 Å². The third kappa shape index (κ3) is 8.05. The number of halogens is 4. The van der Waals surface area contributed by atoms with Crippen molar-refractivity contribution < 1.29 is 75.8 Å². The number of hydrogen-bond acceptors (Lipinski definition) is 0. The second-order valence-electron chi connectivity index (χ2n) is 2.95. The summed E-state index contributed by atoms with van der Waals surface area (Å²) in [6.45, 7) is 8.67. The zero-order valence-electron chi connectivity index (χ0n) is 9.17. The normalized spacial score (nSPS) is 6.67. The Bertz CT molecular complexity index is 237. The molecular formula is C10H14Cl4Zr. The van der Waals surface area contributed by atoms with Crippen molar-refractivity contribution in [2.24, 2.45) is 0 Å². The maximum absolute atomic E-state index is 2.18. The van der Waals surface area contributed by atoms with E-state index < -0.39 is 0 Å². The molecule has 0 saturated carbocycles. The fourth-order valence-corrected chi connectivity index (χ4v) is 1.09. The first-order valence-electron chi connectivity index (χ1n) is 3.66. The predicted octanol–water partition coefficient (Wildman–Crippen LogP) is -9.07. The number of hydrogen-bond donors (Lipinski definition) is 0. The van der Waals surface area contributed by atoms with E-state index in [2.05, 4.69) is 39.8 Å². The Morgan fingerprint density at radius 3 is 1.00 bits per heavy atom. The van der Waals surface area contributed by atoms with Crippen LogP contribution in [0.5, 0.6) is 0 Å². The van der Waals surface area contributed by atoms with E-state index in [0.717, 1.165) is 0 Å². The van der Waals surface area contributed by atoms with Gasteiger partial charge in [-0.2, -0.15) is 0 Å². The summed E-state index contributed by atoms with van der Waals surface area (Å²) in [5.74, 6) is 0. The van der Waals surface area contributed by atoms with Gasteiger partial charge in [0, 0.05) is 0 Å². The molecule has 0 atom stereocenters. The van der Waals surface area contributed by atoms with Gasteiger partial charge in [-0.05, 0) is 49.9 Å². The third-order valence-corrected chi connectivity index (χ3v) is 2.33. The second-order valence-corrected chi connectivity index (χ2v) is 2.95. The minimum absolute atomic E-state index is 0. The summed E-state index contributed by atoms with van der Waals surface area (Å²) >= 11 is 0. The van der Waals surface area contributed by atoms with Gasteiger partial charge in [-0.3, -0.25) is 0 Å². The molecule has 0 aliphatic rings. The van der Waals surface area contributed by atoms with Crippen molar-refractivity contribution >= 4 is 0 Å². The SMILES string of the molecule is Cc1ccc(C)c(C)c1C.[Cl-].[Cl-].[Cl-].[Cl-].[Zr+4]. The molecule has 0 aromatic heterocycles. The Kier molecular flexibility index (Phi) is 26.5. The minimum Gasteiger partial charge on any atom is -1.00 e. The van der Waals surface area contributed by atoms with Crippen molar-refractivity contribution in [2.75, 3.05) is 0 Å². The molecule has 1 rings (SSSR count). The summed E-state index contributed by atoms with van der Waals surface area (Å²) < 4.78 is 0. The van der Waals surface area contributed by atoms with Crippen LogP contribution in [0.1, 0.15) is 22.3 Å². The van der Waals surface area contributed by atoms with E-state index >= 15 is 0 Å². The van der Waals surface area contributed by atoms with Crippen molar-refractivity contribution in [3.05, 3.63) is 34.4 Å². The van der Waals surface area contributed by atoms with E-state index in [1.54, 1.807) is 0 Å². The number of benzene rings is 1. The van der Waals surface area contributed by atoms with Crippen LogP contribution in [0.2, 0.25) is 0 Å². The fourth-order valence-electron chi connectivity index (χ4n) is 1.09. The molecule has 15 heavy (non-hydrogen) atoms. The van der Waals surface area contributed by atoms with Crippen molar-refractivity contribution in [1.29, 1.82) is 0 Å². The van der Waals surface area contributed by atoms with Crippen molar-refractivity contribution in [3.63, 3.8) is 0 Å². The van der Waals surface area contributed by atoms with E-state index in [0.29, 0.717) is 0 Å². The van der Waals surface area contributed by atoms with E-state index in [9.17, 15) is 0 Å². The molecule has 0 aliphatic heterocycles. The summed E-state index contributed by atoms with van der Waals surface area (Å²) in [7, 11) is 0. The Morgan fingerprint density at radius 2 is 0.800 bits per heavy atom. The van der Waals surface area contributed by atoms with Crippen LogP contribution < -0.4 is 49.6 Å². The standard InChI is InChI=1S/C10H14.4ClH.Zr/c1-7-5-6-8(2)10(4)9(7)3;;;;;/h5-6H,1-4H3;4*1H;/q;;;;;+4/p-4. The van der Waals surface area contributed by atoms with Gasteiger partial charge in [0.1, 0.15) is 0 Å². The molecule has 0 fully saturated rings. The van der Waals surface area contributed by atoms with Crippen molar-refractivity contribution in [1.82, 2.24) is 0 Å². The average Bonchev–Trinajstić information content (AvgIpc) is 1.93. The summed E-state index contributed by atoms with van der Waals surface area (Å²) in [6, 6.07) is 4.36. The van der Waals surface area contributed by atoms with Crippen LogP contribution in [0, 0.1) is 27.7 Å². The largest absolute Gasteiger partial charge is 4.00 e. The van der Waals surface area contributed by atoms with E-state index in [-0.39, 0.29) is 75.8 Å². The minimum atomic E-state index is 0. The molecule has 0 amide bonds. The molecule has 0 aliphatic carbocycles. The van der Waals surface area contributed by atoms with E-state index in [1.165, 1.54) is 22.3 Å². The zero-order valence-corrected chi connectivity index (χ0v) is 14.6. The van der Waals surface area contributed by atoms with Gasteiger partial charge in [0.15, 0.2) is 0 Å². The second kappa shape index (κ2) is 13.3. The Morgan fingerprint density at radius 1 is 0.600 bits per heavy atom. The van der Waals surface area contributed by atoms with Gasteiger partial charge in [-0.1, -0.05) is 12.1 Å². The maximum atomic E-state index is 2.18. The Labute approximate surface area is 137 Å². The van der Waals surface area contributed by atoms with Gasteiger partial charge in [0.25, 0.3) is 0 Å². The zero-order chi connectivity index (χ0) is 7.72. The van der Waals surface area contributed by atoms with Crippen LogP contribution in [0.4, 0.5) is 0 Å². The molecule has 0 nitrogen and oxygen atoms in total. The summed E-state index contributed by atoms with van der Waals surface area (Å²) in [4.78, 5) is 0. The molecule has 0 spiro atoms. The maximum Gasteiger partial charge on any atom is 4.00 e. The van der Waals surface area contributed by atoms with Crippen LogP contribution in [-0.4, -0.2) is 0 Å². The van der Waals surface area contributed by atoms with Crippen molar-refractivity contribution in [3.8, 4) is 0 Å².